The van der Waals surface area contributed by atoms with Gasteiger partial charge in [0, 0.05) is 6.20 Å². The Morgan fingerprint density at radius 1 is 1.00 bits per heavy atom. The maximum atomic E-state index is 12.4. The van der Waals surface area contributed by atoms with Gasteiger partial charge in [-0.2, -0.15) is 0 Å². The van der Waals surface area contributed by atoms with Gasteiger partial charge in [0.1, 0.15) is 29.4 Å². The molecule has 0 aliphatic carbocycles. The van der Waals surface area contributed by atoms with Crippen LogP contribution in [-0.2, 0) is 11.3 Å². The molecule has 0 fully saturated rings. The molecule has 0 bridgehead atoms. The summed E-state index contributed by atoms with van der Waals surface area (Å²) in [6, 6.07) is 17.9. The molecule has 0 aliphatic rings. The van der Waals surface area contributed by atoms with Crippen molar-refractivity contribution in [2.45, 2.75) is 6.61 Å². The molecule has 3 aromatic rings. The molecule has 1 heterocycles. The van der Waals surface area contributed by atoms with Gasteiger partial charge in [0.05, 0.1) is 13.3 Å². The summed E-state index contributed by atoms with van der Waals surface area (Å²) >= 11 is 0. The second-order valence-electron chi connectivity index (χ2n) is 5.21. The minimum atomic E-state index is -0.456. The zero-order chi connectivity index (χ0) is 17.5. The van der Waals surface area contributed by atoms with Gasteiger partial charge in [0.25, 0.3) is 0 Å². The second kappa shape index (κ2) is 7.97. The minimum Gasteiger partial charge on any atom is -0.497 e. The highest BCUT2D eigenvalue weighted by molar-refractivity contribution is 5.92. The summed E-state index contributed by atoms with van der Waals surface area (Å²) in [5.74, 6) is 1.23. The summed E-state index contributed by atoms with van der Waals surface area (Å²) in [4.78, 5) is 16.4. The summed E-state index contributed by atoms with van der Waals surface area (Å²) in [7, 11) is 1.59. The SMILES string of the molecule is COc1cccc(COC(=O)c2ccccc2Oc2cccnc2)c1. The fourth-order valence-electron chi connectivity index (χ4n) is 2.25. The molecular weight excluding hydrogens is 318 g/mol. The van der Waals surface area contributed by atoms with E-state index in [1.165, 1.54) is 0 Å². The van der Waals surface area contributed by atoms with Crippen molar-refractivity contribution in [2.24, 2.45) is 0 Å². The molecule has 0 radical (unpaired) electrons. The van der Waals surface area contributed by atoms with Crippen molar-refractivity contribution in [2.75, 3.05) is 7.11 Å². The van der Waals surface area contributed by atoms with Gasteiger partial charge in [0.15, 0.2) is 0 Å². The van der Waals surface area contributed by atoms with Crippen LogP contribution < -0.4 is 9.47 Å². The first-order valence-corrected chi connectivity index (χ1v) is 7.73. The number of ether oxygens (including phenoxy) is 3. The molecule has 25 heavy (non-hydrogen) atoms. The number of esters is 1. The largest absolute Gasteiger partial charge is 0.497 e. The molecular formula is C20H17NO4. The van der Waals surface area contributed by atoms with Gasteiger partial charge >= 0.3 is 5.97 Å². The molecule has 0 saturated heterocycles. The van der Waals surface area contributed by atoms with Crippen molar-refractivity contribution in [1.82, 2.24) is 4.98 Å². The summed E-state index contributed by atoms with van der Waals surface area (Å²) in [5.41, 5.74) is 1.20. The van der Waals surface area contributed by atoms with Gasteiger partial charge in [-0.3, -0.25) is 4.98 Å². The first kappa shape index (κ1) is 16.5. The van der Waals surface area contributed by atoms with Crippen molar-refractivity contribution in [3.05, 3.63) is 84.2 Å². The Morgan fingerprint density at radius 2 is 1.84 bits per heavy atom. The van der Waals surface area contributed by atoms with Crippen molar-refractivity contribution < 1.29 is 19.0 Å². The molecule has 0 spiro atoms. The molecule has 2 aromatic carbocycles. The maximum Gasteiger partial charge on any atom is 0.342 e. The molecule has 5 heteroatoms. The fraction of sp³-hybridized carbons (Fsp3) is 0.100. The topological polar surface area (TPSA) is 57.7 Å². The van der Waals surface area contributed by atoms with Gasteiger partial charge in [-0.25, -0.2) is 4.79 Å². The van der Waals surface area contributed by atoms with E-state index in [0.29, 0.717) is 22.8 Å². The van der Waals surface area contributed by atoms with Crippen LogP contribution in [-0.4, -0.2) is 18.1 Å². The number of pyridine rings is 1. The summed E-state index contributed by atoms with van der Waals surface area (Å²) in [6.45, 7) is 0.150. The lowest BCUT2D eigenvalue weighted by Gasteiger charge is -2.11. The molecule has 0 aliphatic heterocycles. The third-order valence-electron chi connectivity index (χ3n) is 3.47. The van der Waals surface area contributed by atoms with Crippen LogP contribution in [0, 0.1) is 0 Å². The van der Waals surface area contributed by atoms with Gasteiger partial charge in [0.2, 0.25) is 0 Å². The van der Waals surface area contributed by atoms with Crippen LogP contribution in [0.4, 0.5) is 0 Å². The Labute approximate surface area is 145 Å². The quantitative estimate of drug-likeness (QED) is 0.631. The van der Waals surface area contributed by atoms with E-state index in [0.717, 1.165) is 5.56 Å². The Kier molecular flexibility index (Phi) is 5.26. The lowest BCUT2D eigenvalue weighted by molar-refractivity contribution is 0.0469. The normalized spacial score (nSPS) is 10.1. The number of benzene rings is 2. The fourth-order valence-corrected chi connectivity index (χ4v) is 2.25. The number of hydrogen-bond acceptors (Lipinski definition) is 5. The van der Waals surface area contributed by atoms with Gasteiger partial charge in [-0.15, -0.1) is 0 Å². The van der Waals surface area contributed by atoms with E-state index in [1.807, 2.05) is 24.3 Å². The molecule has 126 valence electrons. The van der Waals surface area contributed by atoms with Gasteiger partial charge in [-0.05, 0) is 42.0 Å². The van der Waals surface area contributed by atoms with Gasteiger partial charge < -0.3 is 14.2 Å². The van der Waals surface area contributed by atoms with E-state index in [1.54, 1.807) is 55.9 Å². The molecule has 0 atom stereocenters. The smallest absolute Gasteiger partial charge is 0.342 e. The van der Waals surface area contributed by atoms with E-state index in [2.05, 4.69) is 4.98 Å². The van der Waals surface area contributed by atoms with Gasteiger partial charge in [-0.1, -0.05) is 24.3 Å². The Hall–Kier alpha value is -3.34. The molecule has 0 saturated carbocycles. The highest BCUT2D eigenvalue weighted by atomic mass is 16.5. The second-order valence-corrected chi connectivity index (χ2v) is 5.21. The van der Waals surface area contributed by atoms with E-state index >= 15 is 0 Å². The predicted molar refractivity (Wildman–Crippen MR) is 92.9 cm³/mol. The monoisotopic (exact) mass is 335 g/mol. The zero-order valence-corrected chi connectivity index (χ0v) is 13.7. The van der Waals surface area contributed by atoms with Crippen LogP contribution >= 0.6 is 0 Å². The number of aromatic nitrogens is 1. The average Bonchev–Trinajstić information content (AvgIpc) is 2.67. The minimum absolute atomic E-state index is 0.150. The van der Waals surface area contributed by atoms with Crippen molar-refractivity contribution in [3.63, 3.8) is 0 Å². The van der Waals surface area contributed by atoms with Crippen molar-refractivity contribution in [1.29, 1.82) is 0 Å². The summed E-state index contributed by atoms with van der Waals surface area (Å²) in [5, 5.41) is 0. The number of rotatable bonds is 6. The molecule has 0 unspecified atom stereocenters. The van der Waals surface area contributed by atoms with E-state index < -0.39 is 5.97 Å². The van der Waals surface area contributed by atoms with Crippen LogP contribution in [0.2, 0.25) is 0 Å². The number of carbonyl (C=O) groups excluding carboxylic acids is 1. The molecule has 0 N–H and O–H groups in total. The van der Waals surface area contributed by atoms with E-state index in [9.17, 15) is 4.79 Å². The first-order valence-electron chi connectivity index (χ1n) is 7.73. The third-order valence-corrected chi connectivity index (χ3v) is 3.47. The van der Waals surface area contributed by atoms with Crippen LogP contribution in [0.5, 0.6) is 17.2 Å². The highest BCUT2D eigenvalue weighted by Gasteiger charge is 2.14. The van der Waals surface area contributed by atoms with E-state index in [-0.39, 0.29) is 6.61 Å². The number of carbonyl (C=O) groups is 1. The number of para-hydroxylation sites is 1. The van der Waals surface area contributed by atoms with E-state index in [4.69, 9.17) is 14.2 Å². The first-order chi connectivity index (χ1) is 12.3. The molecule has 5 nitrogen and oxygen atoms in total. The molecule has 3 rings (SSSR count). The highest BCUT2D eigenvalue weighted by Crippen LogP contribution is 2.25. The van der Waals surface area contributed by atoms with Crippen molar-refractivity contribution in [3.8, 4) is 17.2 Å². The number of hydrogen-bond donors (Lipinski definition) is 0. The lowest BCUT2D eigenvalue weighted by atomic mass is 10.2. The zero-order valence-electron chi connectivity index (χ0n) is 13.7. The van der Waals surface area contributed by atoms with Crippen LogP contribution in [0.3, 0.4) is 0 Å². The number of nitrogens with zero attached hydrogens (tertiary/aromatic N) is 1. The van der Waals surface area contributed by atoms with Crippen molar-refractivity contribution >= 4 is 5.97 Å². The molecule has 0 amide bonds. The third kappa shape index (κ3) is 4.35. The summed E-state index contributed by atoms with van der Waals surface area (Å²) in [6.07, 6.45) is 3.24. The average molecular weight is 335 g/mol. The number of methoxy groups -OCH3 is 1. The standard InChI is InChI=1S/C20H17NO4/c1-23-16-7-4-6-15(12-16)14-24-20(22)18-9-2-3-10-19(18)25-17-8-5-11-21-13-17/h2-13H,14H2,1H3. The predicted octanol–water partition coefficient (Wildman–Crippen LogP) is 4.24. The summed E-state index contributed by atoms with van der Waals surface area (Å²) < 4.78 is 16.3. The molecule has 1 aromatic heterocycles. The Bertz CT molecular complexity index is 849. The Balaban J connectivity index is 1.71. The van der Waals surface area contributed by atoms with Crippen LogP contribution in [0.15, 0.2) is 73.1 Å². The Morgan fingerprint density at radius 3 is 2.64 bits per heavy atom. The maximum absolute atomic E-state index is 12.4. The van der Waals surface area contributed by atoms with Crippen LogP contribution in [0.25, 0.3) is 0 Å². The van der Waals surface area contributed by atoms with Crippen LogP contribution in [0.1, 0.15) is 15.9 Å². The lowest BCUT2D eigenvalue weighted by Crippen LogP contribution is -2.07.